The van der Waals surface area contributed by atoms with Gasteiger partial charge in [0.15, 0.2) is 0 Å². The molecule has 0 N–H and O–H groups in total. The van der Waals surface area contributed by atoms with Gasteiger partial charge in [-0.05, 0) is 110 Å². The van der Waals surface area contributed by atoms with E-state index in [1.807, 2.05) is 6.07 Å². The quantitative estimate of drug-likeness (QED) is 0.128. The van der Waals surface area contributed by atoms with Crippen molar-refractivity contribution in [1.82, 2.24) is 0 Å². The summed E-state index contributed by atoms with van der Waals surface area (Å²) in [6.07, 6.45) is 0. The Balaban J connectivity index is 1.00. The minimum atomic E-state index is -0.152. The molecule has 0 unspecified atom stereocenters. The third-order valence-corrected chi connectivity index (χ3v) is 13.9. The molecule has 0 saturated carbocycles. The maximum atomic E-state index is 6.61. The summed E-state index contributed by atoms with van der Waals surface area (Å²) in [4.78, 5) is 0. The van der Waals surface area contributed by atoms with Gasteiger partial charge in [0.25, 0.3) is 0 Å². The molecule has 13 rings (SSSR count). The van der Waals surface area contributed by atoms with Crippen molar-refractivity contribution in [2.45, 2.75) is 19.3 Å². The highest BCUT2D eigenvalue weighted by atomic mass is 16.3. The molecule has 0 aliphatic heterocycles. The molecule has 0 atom stereocenters. The van der Waals surface area contributed by atoms with Crippen LogP contribution in [0.3, 0.4) is 0 Å². The maximum Gasteiger partial charge on any atom is 0.143 e. The third kappa shape index (κ3) is 4.85. The molecule has 290 valence electrons. The van der Waals surface area contributed by atoms with Crippen molar-refractivity contribution in [2.24, 2.45) is 0 Å². The van der Waals surface area contributed by atoms with Gasteiger partial charge in [-0.2, -0.15) is 0 Å². The van der Waals surface area contributed by atoms with E-state index in [9.17, 15) is 0 Å². The van der Waals surface area contributed by atoms with E-state index in [2.05, 4.69) is 214 Å². The molecule has 1 heteroatoms. The average molecular weight is 789 g/mol. The summed E-state index contributed by atoms with van der Waals surface area (Å²) in [6, 6.07) is 75.9. The molecule has 0 saturated heterocycles. The molecule has 11 aromatic carbocycles. The lowest BCUT2D eigenvalue weighted by atomic mass is 9.79. The Kier molecular flexibility index (Phi) is 7.42. The van der Waals surface area contributed by atoms with Crippen LogP contribution in [-0.2, 0) is 5.41 Å². The smallest absolute Gasteiger partial charge is 0.143 e. The highest BCUT2D eigenvalue weighted by molar-refractivity contribution is 6.24. The molecular formula is C61H40O. The zero-order chi connectivity index (χ0) is 41.1. The molecule has 12 aromatic rings. The van der Waals surface area contributed by atoms with E-state index in [0.29, 0.717) is 0 Å². The van der Waals surface area contributed by atoms with Crippen LogP contribution in [0.5, 0.6) is 0 Å². The zero-order valence-corrected chi connectivity index (χ0v) is 34.5. The first-order valence-corrected chi connectivity index (χ1v) is 21.7. The highest BCUT2D eigenvalue weighted by Gasteiger charge is 2.39. The molecule has 1 aliphatic rings. The largest absolute Gasteiger partial charge is 0.455 e. The Labute approximate surface area is 360 Å². The lowest BCUT2D eigenvalue weighted by molar-refractivity contribution is 0.666. The lowest BCUT2D eigenvalue weighted by Crippen LogP contribution is -2.15. The molecule has 1 heterocycles. The molecule has 0 amide bonds. The number of fused-ring (bicyclic) bond motifs is 13. The van der Waals surface area contributed by atoms with Gasteiger partial charge >= 0.3 is 0 Å². The van der Waals surface area contributed by atoms with Gasteiger partial charge in [-0.3, -0.25) is 0 Å². The monoisotopic (exact) mass is 788 g/mol. The summed E-state index contributed by atoms with van der Waals surface area (Å²) in [5.41, 5.74) is 16.9. The number of rotatable bonds is 4. The van der Waals surface area contributed by atoms with Gasteiger partial charge in [-0.1, -0.05) is 214 Å². The van der Waals surface area contributed by atoms with E-state index in [0.717, 1.165) is 33.1 Å². The third-order valence-electron chi connectivity index (χ3n) is 13.9. The summed E-state index contributed by atoms with van der Waals surface area (Å²) in [7, 11) is 0. The molecule has 0 bridgehead atoms. The summed E-state index contributed by atoms with van der Waals surface area (Å²) in [6.45, 7) is 4.81. The van der Waals surface area contributed by atoms with E-state index >= 15 is 0 Å². The van der Waals surface area contributed by atoms with Crippen LogP contribution in [0.15, 0.2) is 211 Å². The van der Waals surface area contributed by atoms with Gasteiger partial charge in [0.2, 0.25) is 0 Å². The van der Waals surface area contributed by atoms with Crippen molar-refractivity contribution in [1.29, 1.82) is 0 Å². The molecule has 1 aromatic heterocycles. The predicted octanol–water partition coefficient (Wildman–Crippen LogP) is 17.2. The zero-order valence-electron chi connectivity index (χ0n) is 34.5. The molecular weight excluding hydrogens is 749 g/mol. The maximum absolute atomic E-state index is 6.61. The van der Waals surface area contributed by atoms with Crippen molar-refractivity contribution in [3.8, 4) is 55.6 Å². The Morgan fingerprint density at radius 2 is 0.742 bits per heavy atom. The highest BCUT2D eigenvalue weighted by Crippen LogP contribution is 2.57. The number of furan rings is 1. The first-order chi connectivity index (χ1) is 30.6. The van der Waals surface area contributed by atoms with Crippen LogP contribution in [0.1, 0.15) is 25.0 Å². The first-order valence-electron chi connectivity index (χ1n) is 21.7. The minimum Gasteiger partial charge on any atom is -0.455 e. The Morgan fingerprint density at radius 1 is 0.290 bits per heavy atom. The predicted molar refractivity (Wildman–Crippen MR) is 263 cm³/mol. The van der Waals surface area contributed by atoms with E-state index in [-0.39, 0.29) is 5.41 Å². The van der Waals surface area contributed by atoms with Gasteiger partial charge in [0.1, 0.15) is 11.2 Å². The number of benzene rings is 11. The molecule has 0 radical (unpaired) electrons. The van der Waals surface area contributed by atoms with Gasteiger partial charge in [-0.15, -0.1) is 0 Å². The number of para-hydroxylation sites is 2. The van der Waals surface area contributed by atoms with Crippen LogP contribution < -0.4 is 0 Å². The van der Waals surface area contributed by atoms with E-state index in [1.165, 1.54) is 98.7 Å². The van der Waals surface area contributed by atoms with E-state index in [4.69, 9.17) is 4.42 Å². The summed E-state index contributed by atoms with van der Waals surface area (Å²) in [5.74, 6) is 0. The Hall–Kier alpha value is -7.74. The molecule has 1 nitrogen and oxygen atoms in total. The second-order valence-corrected chi connectivity index (χ2v) is 17.4. The van der Waals surface area contributed by atoms with Crippen molar-refractivity contribution in [3.63, 3.8) is 0 Å². The number of hydrogen-bond donors (Lipinski definition) is 0. The SMILES string of the molecule is CC1(C)c2cccc(-c3ccc(-c4c5ccccc5c(-c5ccccc5-c5cccc6c5oc5ccccc56)c5ccccc45)cc3)c2-c2c1c1ccccc1c1ccccc21. The first kappa shape index (κ1) is 35.1. The van der Waals surface area contributed by atoms with E-state index in [1.54, 1.807) is 0 Å². The summed E-state index contributed by atoms with van der Waals surface area (Å²) in [5, 5.41) is 12.5. The molecule has 0 fully saturated rings. The van der Waals surface area contributed by atoms with Gasteiger partial charge in [0.05, 0.1) is 0 Å². The second-order valence-electron chi connectivity index (χ2n) is 17.4. The Morgan fingerprint density at radius 3 is 1.42 bits per heavy atom. The van der Waals surface area contributed by atoms with Gasteiger partial charge < -0.3 is 4.42 Å². The fraction of sp³-hybridized carbons (Fsp3) is 0.0492. The van der Waals surface area contributed by atoms with Crippen molar-refractivity contribution in [3.05, 3.63) is 217 Å². The lowest BCUT2D eigenvalue weighted by Gasteiger charge is -2.24. The molecule has 62 heavy (non-hydrogen) atoms. The normalized spacial score (nSPS) is 13.1. The summed E-state index contributed by atoms with van der Waals surface area (Å²) >= 11 is 0. The fourth-order valence-corrected chi connectivity index (χ4v) is 11.2. The number of hydrogen-bond acceptors (Lipinski definition) is 1. The standard InChI is InChI=1S/C61H40O/c1-61(2)53-31-16-28-39(57(53)58-45-22-7-3-17-40(45)41-18-5-12-27-50(41)59(58)61)37-33-35-38(36-34-37)55-46-23-8-10-25-48(46)56(49-26-11-9-24-47(49)55)44-21-6-4-19-42(44)51-29-15-30-52-43-20-13-14-32-54(43)62-60(51)52/h3-36H,1-2H3. The van der Waals surface area contributed by atoms with Crippen molar-refractivity contribution >= 4 is 65.0 Å². The average Bonchev–Trinajstić information content (AvgIpc) is 3.83. The van der Waals surface area contributed by atoms with Crippen LogP contribution in [0.4, 0.5) is 0 Å². The van der Waals surface area contributed by atoms with Crippen molar-refractivity contribution < 1.29 is 4.42 Å². The fourth-order valence-electron chi connectivity index (χ4n) is 11.2. The molecule has 0 spiro atoms. The second kappa shape index (κ2) is 13.1. The van der Waals surface area contributed by atoms with Crippen LogP contribution >= 0.6 is 0 Å². The van der Waals surface area contributed by atoms with E-state index < -0.39 is 0 Å². The van der Waals surface area contributed by atoms with Crippen LogP contribution in [0, 0.1) is 0 Å². The molecule has 1 aliphatic carbocycles. The summed E-state index contributed by atoms with van der Waals surface area (Å²) < 4.78 is 6.61. The topological polar surface area (TPSA) is 13.1 Å². The van der Waals surface area contributed by atoms with Crippen LogP contribution in [0.2, 0.25) is 0 Å². The van der Waals surface area contributed by atoms with Gasteiger partial charge in [0, 0.05) is 21.8 Å². The van der Waals surface area contributed by atoms with Crippen molar-refractivity contribution in [2.75, 3.05) is 0 Å². The van der Waals surface area contributed by atoms with Crippen LogP contribution in [0.25, 0.3) is 121 Å². The van der Waals surface area contributed by atoms with Crippen LogP contribution in [-0.4, -0.2) is 0 Å². The van der Waals surface area contributed by atoms with Gasteiger partial charge in [-0.25, -0.2) is 0 Å². The minimum absolute atomic E-state index is 0.152. The Bertz CT molecular complexity index is 3770.